The van der Waals surface area contributed by atoms with Crippen molar-refractivity contribution in [2.75, 3.05) is 5.32 Å². The Bertz CT molecular complexity index is 1470. The molecule has 164 valence electrons. The number of benzene rings is 3. The minimum atomic E-state index is -4.73. The molecule has 1 aliphatic heterocycles. The Kier molecular flexibility index (Phi) is 4.23. The Labute approximate surface area is 186 Å². The van der Waals surface area contributed by atoms with Gasteiger partial charge in [0.1, 0.15) is 23.1 Å². The third-order valence-corrected chi connectivity index (χ3v) is 5.58. The molecule has 0 radical (unpaired) electrons. The zero-order valence-electron chi connectivity index (χ0n) is 17.0. The number of nitrogens with one attached hydrogen (secondary N) is 1. The van der Waals surface area contributed by atoms with Gasteiger partial charge in [-0.3, -0.25) is 4.57 Å². The van der Waals surface area contributed by atoms with Crippen LogP contribution in [-0.4, -0.2) is 15.9 Å². The summed E-state index contributed by atoms with van der Waals surface area (Å²) in [4.78, 5) is 4.85. The first kappa shape index (κ1) is 19.5. The molecule has 5 aromatic rings. The van der Waals surface area contributed by atoms with Crippen molar-refractivity contribution in [1.29, 1.82) is 0 Å². The first-order valence-corrected chi connectivity index (χ1v) is 10.3. The van der Waals surface area contributed by atoms with E-state index in [1.807, 2.05) is 54.6 Å². The minimum absolute atomic E-state index is 0.280. The van der Waals surface area contributed by atoms with Gasteiger partial charge >= 0.3 is 6.36 Å². The second-order valence-electron chi connectivity index (χ2n) is 7.66. The lowest BCUT2D eigenvalue weighted by molar-refractivity contribution is -0.274. The molecule has 6 rings (SSSR count). The molecule has 0 saturated carbocycles. The van der Waals surface area contributed by atoms with Gasteiger partial charge in [0.15, 0.2) is 6.17 Å². The number of furan rings is 1. The number of para-hydroxylation sites is 3. The van der Waals surface area contributed by atoms with Crippen LogP contribution < -0.4 is 10.1 Å². The van der Waals surface area contributed by atoms with E-state index in [0.717, 1.165) is 28.1 Å². The molecule has 0 spiro atoms. The van der Waals surface area contributed by atoms with Gasteiger partial charge in [-0.15, -0.1) is 13.2 Å². The molecule has 1 aliphatic rings. The van der Waals surface area contributed by atoms with Crippen LogP contribution in [0.5, 0.6) is 5.75 Å². The molecule has 33 heavy (non-hydrogen) atoms. The van der Waals surface area contributed by atoms with Gasteiger partial charge in [-0.2, -0.15) is 0 Å². The van der Waals surface area contributed by atoms with Crippen molar-refractivity contribution in [2.45, 2.75) is 12.5 Å². The molecule has 5 nitrogen and oxygen atoms in total. The SMILES string of the molecule is FC(F)(F)Oc1ccc(-c2ccc(C3Nc4ccccc4-c4nc5ccccc5n43)o2)cc1. The van der Waals surface area contributed by atoms with Crippen molar-refractivity contribution in [3.8, 4) is 28.5 Å². The topological polar surface area (TPSA) is 52.2 Å². The molecule has 3 heterocycles. The van der Waals surface area contributed by atoms with Gasteiger partial charge in [-0.05, 0) is 60.7 Å². The highest BCUT2D eigenvalue weighted by Gasteiger charge is 2.32. The minimum Gasteiger partial charge on any atom is -0.457 e. The zero-order valence-corrected chi connectivity index (χ0v) is 17.0. The molecule has 0 bridgehead atoms. The van der Waals surface area contributed by atoms with Gasteiger partial charge in [0.25, 0.3) is 0 Å². The van der Waals surface area contributed by atoms with Crippen molar-refractivity contribution in [1.82, 2.24) is 9.55 Å². The Hall–Kier alpha value is -4.20. The summed E-state index contributed by atoms with van der Waals surface area (Å²) in [5.41, 5.74) is 4.42. The second kappa shape index (κ2) is 7.16. The van der Waals surface area contributed by atoms with E-state index in [-0.39, 0.29) is 11.9 Å². The lowest BCUT2D eigenvalue weighted by Gasteiger charge is -2.28. The molecule has 1 atom stereocenters. The van der Waals surface area contributed by atoms with Crippen LogP contribution in [0.25, 0.3) is 33.7 Å². The third-order valence-electron chi connectivity index (χ3n) is 5.58. The summed E-state index contributed by atoms with van der Waals surface area (Å²) in [5, 5.41) is 3.53. The first-order valence-electron chi connectivity index (χ1n) is 10.3. The molecular weight excluding hydrogens is 431 g/mol. The fraction of sp³-hybridized carbons (Fsp3) is 0.0800. The van der Waals surface area contributed by atoms with E-state index < -0.39 is 6.36 Å². The van der Waals surface area contributed by atoms with Gasteiger partial charge < -0.3 is 14.5 Å². The Balaban J connectivity index is 1.40. The van der Waals surface area contributed by atoms with E-state index in [9.17, 15) is 13.2 Å². The lowest BCUT2D eigenvalue weighted by Crippen LogP contribution is -2.24. The Morgan fingerprint density at radius 3 is 2.45 bits per heavy atom. The fourth-order valence-corrected chi connectivity index (χ4v) is 4.19. The molecule has 0 aliphatic carbocycles. The maximum absolute atomic E-state index is 12.4. The van der Waals surface area contributed by atoms with Crippen molar-refractivity contribution in [3.63, 3.8) is 0 Å². The van der Waals surface area contributed by atoms with Crippen LogP contribution in [0, 0.1) is 0 Å². The summed E-state index contributed by atoms with van der Waals surface area (Å²) < 4.78 is 49.5. The predicted molar refractivity (Wildman–Crippen MR) is 118 cm³/mol. The van der Waals surface area contributed by atoms with Gasteiger partial charge in [-0.1, -0.05) is 24.3 Å². The van der Waals surface area contributed by atoms with Gasteiger partial charge in [0.05, 0.1) is 11.0 Å². The molecule has 8 heteroatoms. The maximum Gasteiger partial charge on any atom is 0.573 e. The molecule has 0 saturated heterocycles. The molecule has 0 fully saturated rings. The van der Waals surface area contributed by atoms with Crippen LogP contribution in [0.1, 0.15) is 11.9 Å². The molecular formula is C25H16F3N3O2. The Morgan fingerprint density at radius 2 is 1.64 bits per heavy atom. The van der Waals surface area contributed by atoms with Crippen LogP contribution in [-0.2, 0) is 0 Å². The van der Waals surface area contributed by atoms with Crippen molar-refractivity contribution in [3.05, 3.63) is 90.7 Å². The number of halogens is 3. The highest BCUT2D eigenvalue weighted by molar-refractivity contribution is 5.86. The zero-order chi connectivity index (χ0) is 22.6. The van der Waals surface area contributed by atoms with E-state index in [2.05, 4.69) is 14.6 Å². The number of alkyl halides is 3. The number of fused-ring (bicyclic) bond motifs is 5. The lowest BCUT2D eigenvalue weighted by atomic mass is 10.1. The summed E-state index contributed by atoms with van der Waals surface area (Å²) in [6.07, 6.45) is -5.07. The van der Waals surface area contributed by atoms with Gasteiger partial charge in [0.2, 0.25) is 0 Å². The van der Waals surface area contributed by atoms with E-state index in [4.69, 9.17) is 9.40 Å². The number of rotatable bonds is 3. The largest absolute Gasteiger partial charge is 0.573 e. The summed E-state index contributed by atoms with van der Waals surface area (Å²) in [6.45, 7) is 0. The van der Waals surface area contributed by atoms with Gasteiger partial charge in [0, 0.05) is 16.8 Å². The number of ether oxygens (including phenoxy) is 1. The molecule has 2 aromatic heterocycles. The predicted octanol–water partition coefficient (Wildman–Crippen LogP) is 6.83. The Morgan fingerprint density at radius 1 is 0.879 bits per heavy atom. The standard InChI is InChI=1S/C25H16F3N3O2/c26-25(27,28)33-16-11-9-15(10-12-16)21-13-14-22(32-21)24-29-18-6-2-1-5-17(18)23-30-19-7-3-4-8-20(19)31(23)24/h1-14,24,29H. The highest BCUT2D eigenvalue weighted by Crippen LogP contribution is 2.41. The summed E-state index contributed by atoms with van der Waals surface area (Å²) >= 11 is 0. The third kappa shape index (κ3) is 3.40. The highest BCUT2D eigenvalue weighted by atomic mass is 19.4. The normalized spacial score (nSPS) is 15.1. The molecule has 0 amide bonds. The van der Waals surface area contributed by atoms with E-state index in [0.29, 0.717) is 17.1 Å². The number of hydrogen-bond acceptors (Lipinski definition) is 4. The van der Waals surface area contributed by atoms with Crippen molar-refractivity contribution < 1.29 is 22.3 Å². The van der Waals surface area contributed by atoms with Gasteiger partial charge in [-0.25, -0.2) is 4.98 Å². The smallest absolute Gasteiger partial charge is 0.457 e. The number of imidazole rings is 1. The number of anilines is 1. The number of hydrogen-bond donors (Lipinski definition) is 1. The summed E-state index contributed by atoms with van der Waals surface area (Å²) in [5.74, 6) is 1.75. The first-order chi connectivity index (χ1) is 16.0. The van der Waals surface area contributed by atoms with Crippen molar-refractivity contribution in [2.24, 2.45) is 0 Å². The molecule has 1 unspecified atom stereocenters. The van der Waals surface area contributed by atoms with Crippen molar-refractivity contribution >= 4 is 16.7 Å². The quantitative estimate of drug-likeness (QED) is 0.329. The average Bonchev–Trinajstić information content (AvgIpc) is 3.44. The van der Waals surface area contributed by atoms with Crippen LogP contribution >= 0.6 is 0 Å². The second-order valence-corrected chi connectivity index (χ2v) is 7.66. The van der Waals surface area contributed by atoms with E-state index >= 15 is 0 Å². The van der Waals surface area contributed by atoms with E-state index in [1.165, 1.54) is 24.3 Å². The maximum atomic E-state index is 12.4. The average molecular weight is 447 g/mol. The monoisotopic (exact) mass is 447 g/mol. The summed E-state index contributed by atoms with van der Waals surface area (Å²) in [6, 6.07) is 25.1. The summed E-state index contributed by atoms with van der Waals surface area (Å²) in [7, 11) is 0. The fourth-order valence-electron chi connectivity index (χ4n) is 4.19. The molecule has 1 N–H and O–H groups in total. The number of aromatic nitrogens is 2. The molecule has 3 aromatic carbocycles. The number of nitrogens with zero attached hydrogens (tertiary/aromatic N) is 2. The van der Waals surface area contributed by atoms with Crippen LogP contribution in [0.3, 0.4) is 0 Å². The van der Waals surface area contributed by atoms with Crippen LogP contribution in [0.4, 0.5) is 18.9 Å². The van der Waals surface area contributed by atoms with E-state index in [1.54, 1.807) is 6.07 Å². The van der Waals surface area contributed by atoms with Crippen LogP contribution in [0.15, 0.2) is 89.3 Å². The van der Waals surface area contributed by atoms with Crippen LogP contribution in [0.2, 0.25) is 0 Å².